The summed E-state index contributed by atoms with van der Waals surface area (Å²) in [5, 5.41) is 89.7. The van der Waals surface area contributed by atoms with Crippen LogP contribution in [0.4, 0.5) is 0 Å². The lowest BCUT2D eigenvalue weighted by atomic mass is 9.91. The average Bonchev–Trinajstić information content (AvgIpc) is 1.06. The van der Waals surface area contributed by atoms with E-state index in [1.165, 1.54) is 218 Å². The lowest BCUT2D eigenvalue weighted by Crippen LogP contribution is -2.64. The molecule has 91 heavy (non-hydrogen) atoms. The van der Waals surface area contributed by atoms with Crippen molar-refractivity contribution in [1.29, 1.82) is 0 Å². The third kappa shape index (κ3) is 41.4. The van der Waals surface area contributed by atoms with Crippen molar-refractivity contribution in [3.63, 3.8) is 0 Å². The summed E-state index contributed by atoms with van der Waals surface area (Å²) in [6, 6.07) is 0. The van der Waals surface area contributed by atoms with Gasteiger partial charge in [0.15, 0.2) is 12.6 Å². The fourth-order valence-corrected chi connectivity index (χ4v) is 13.5. The van der Waals surface area contributed by atoms with Crippen molar-refractivity contribution < 1.29 is 74.1 Å². The minimum Gasteiger partial charge on any atom is -0.463 e. The molecule has 0 bridgehead atoms. The molecule has 0 unspecified atom stereocenters. The predicted molar refractivity (Wildman–Crippen MR) is 367 cm³/mol. The Hall–Kier alpha value is -1.50. The summed E-state index contributed by atoms with van der Waals surface area (Å²) in [5.74, 6) is -2.93. The van der Waals surface area contributed by atoms with E-state index in [9.17, 15) is 50.4 Å². The summed E-state index contributed by atoms with van der Waals surface area (Å²) >= 11 is 0. The molecule has 0 aliphatic carbocycles. The van der Waals surface area contributed by atoms with Crippen LogP contribution in [-0.4, -0.2) is 140 Å². The molecule has 0 aromatic heterocycles. The largest absolute Gasteiger partial charge is 0.463 e. The Morgan fingerprint density at radius 3 is 0.703 bits per heavy atom. The van der Waals surface area contributed by atoms with Gasteiger partial charge in [0.2, 0.25) is 0 Å². The van der Waals surface area contributed by atoms with Crippen molar-refractivity contribution >= 4 is 11.9 Å². The van der Waals surface area contributed by atoms with Gasteiger partial charge < -0.3 is 64.5 Å². The fourth-order valence-electron chi connectivity index (χ4n) is 13.5. The van der Waals surface area contributed by atoms with Gasteiger partial charge in [-0.05, 0) is 25.7 Å². The number of aliphatic hydroxyl groups excluding tert-OH is 8. The van der Waals surface area contributed by atoms with Crippen molar-refractivity contribution in [2.75, 3.05) is 13.2 Å². The molecule has 0 radical (unpaired) electrons. The van der Waals surface area contributed by atoms with Crippen molar-refractivity contribution in [2.45, 2.75) is 448 Å². The van der Waals surface area contributed by atoms with E-state index < -0.39 is 111 Å². The number of carbonyl (C=O) groups is 2. The van der Waals surface area contributed by atoms with E-state index in [0.717, 1.165) is 103 Å². The van der Waals surface area contributed by atoms with E-state index in [-0.39, 0.29) is 0 Å². The Balaban J connectivity index is 2.03. The van der Waals surface area contributed by atoms with Crippen LogP contribution in [0.2, 0.25) is 0 Å². The zero-order chi connectivity index (χ0) is 66.4. The average molecular weight is 1300 g/mol. The quantitative estimate of drug-likeness (QED) is 0.0209. The molecule has 15 heteroatoms. The van der Waals surface area contributed by atoms with Gasteiger partial charge in [-0.1, -0.05) is 349 Å². The van der Waals surface area contributed by atoms with Crippen LogP contribution in [0.1, 0.15) is 374 Å². The lowest BCUT2D eigenvalue weighted by molar-refractivity contribution is -0.376. The Morgan fingerprint density at radius 1 is 0.286 bits per heavy atom. The van der Waals surface area contributed by atoms with Gasteiger partial charge in [0.1, 0.15) is 62.0 Å². The maximum atomic E-state index is 14.0. The van der Waals surface area contributed by atoms with Crippen LogP contribution in [0.15, 0.2) is 0 Å². The molecule has 0 saturated carbocycles. The second kappa shape index (κ2) is 58.6. The first-order chi connectivity index (χ1) is 44.3. The van der Waals surface area contributed by atoms with Gasteiger partial charge in [0, 0.05) is 0 Å². The van der Waals surface area contributed by atoms with Gasteiger partial charge in [0.05, 0.1) is 24.0 Å². The van der Waals surface area contributed by atoms with Crippen LogP contribution in [0.3, 0.4) is 0 Å². The summed E-state index contributed by atoms with van der Waals surface area (Å²) < 4.78 is 29.3. The number of aliphatic hydroxyl groups is 8. The molecule has 2 saturated heterocycles. The molecule has 14 atom stereocenters. The molecule has 0 aromatic rings. The molecular formula is C76H146O15. The van der Waals surface area contributed by atoms with Gasteiger partial charge in [-0.2, -0.15) is 0 Å². The van der Waals surface area contributed by atoms with Crippen molar-refractivity contribution in [3.8, 4) is 0 Å². The smallest absolute Gasteiger partial charge is 0.311 e. The van der Waals surface area contributed by atoms with Crippen LogP contribution >= 0.6 is 0 Å². The molecule has 0 aromatic carbocycles. The molecular weight excluding hydrogens is 1150 g/mol. The normalized spacial score (nSPS) is 23.3. The van der Waals surface area contributed by atoms with E-state index in [1.807, 2.05) is 0 Å². The Bertz CT molecular complexity index is 1510. The second-order valence-electron chi connectivity index (χ2n) is 28.2. The molecule has 2 heterocycles. The van der Waals surface area contributed by atoms with Crippen LogP contribution in [0.5, 0.6) is 0 Å². The van der Waals surface area contributed by atoms with Gasteiger partial charge in [0.25, 0.3) is 0 Å². The maximum Gasteiger partial charge on any atom is 0.311 e. The SMILES string of the molecule is CCCCCCCCCCCCCCC[C@H](O)[C@@H](CCCCCCCCCCCCCC)C(=O)OC[C@H]1O[C@H](O[C@H]2O[C@H](COC(=O)[C@H](CCCCCCCCCCCCCC)[C@@H](O)CCCCCCCCCCCCCCC)[C@@H](O)[C@H](O)[C@H]2O)[C@H](O)[C@@H](O)[C@@H]1O. The third-order valence-electron chi connectivity index (χ3n) is 19.9. The Labute approximate surface area is 556 Å². The number of carbonyl (C=O) groups excluding carboxylic acids is 2. The monoisotopic (exact) mass is 1300 g/mol. The molecule has 0 spiro atoms. The van der Waals surface area contributed by atoms with Crippen molar-refractivity contribution in [3.05, 3.63) is 0 Å². The van der Waals surface area contributed by atoms with E-state index in [0.29, 0.717) is 25.7 Å². The molecule has 2 aliphatic rings. The van der Waals surface area contributed by atoms with Gasteiger partial charge in [-0.15, -0.1) is 0 Å². The second-order valence-corrected chi connectivity index (χ2v) is 28.2. The summed E-state index contributed by atoms with van der Waals surface area (Å²) in [4.78, 5) is 27.9. The maximum absolute atomic E-state index is 14.0. The van der Waals surface area contributed by atoms with Crippen LogP contribution in [-0.2, 0) is 33.3 Å². The molecule has 15 nitrogen and oxygen atoms in total. The Kier molecular flexibility index (Phi) is 55.1. The number of ether oxygens (including phenoxy) is 5. The third-order valence-corrected chi connectivity index (χ3v) is 19.9. The van der Waals surface area contributed by atoms with Crippen molar-refractivity contribution in [2.24, 2.45) is 11.8 Å². The summed E-state index contributed by atoms with van der Waals surface area (Å²) in [7, 11) is 0. The first-order valence-corrected chi connectivity index (χ1v) is 39.1. The highest BCUT2D eigenvalue weighted by atomic mass is 16.8. The van der Waals surface area contributed by atoms with E-state index in [4.69, 9.17) is 23.7 Å². The number of rotatable bonds is 64. The van der Waals surface area contributed by atoms with E-state index in [2.05, 4.69) is 27.7 Å². The van der Waals surface area contributed by atoms with E-state index >= 15 is 0 Å². The highest BCUT2D eigenvalue weighted by Gasteiger charge is 2.50. The zero-order valence-corrected chi connectivity index (χ0v) is 59.1. The number of esters is 2. The molecule has 540 valence electrons. The molecule has 8 N–H and O–H groups in total. The van der Waals surface area contributed by atoms with Crippen molar-refractivity contribution in [1.82, 2.24) is 0 Å². The van der Waals surface area contributed by atoms with Gasteiger partial charge in [-0.3, -0.25) is 9.59 Å². The predicted octanol–water partition coefficient (Wildman–Crippen LogP) is 16.8. The van der Waals surface area contributed by atoms with Gasteiger partial charge >= 0.3 is 11.9 Å². The van der Waals surface area contributed by atoms with Crippen LogP contribution in [0.25, 0.3) is 0 Å². The van der Waals surface area contributed by atoms with E-state index in [1.54, 1.807) is 0 Å². The molecule has 2 rings (SSSR count). The Morgan fingerprint density at radius 2 is 0.484 bits per heavy atom. The standard InChI is InChI=1S/C76H146O15/c1-5-9-13-17-21-25-29-33-37-41-45-49-53-57-63(77)61(55-51-47-43-39-35-31-27-23-19-15-11-7-3)73(85)87-59-65-67(79)69(81)71(83)75(89-65)91-76-72(84)70(82)68(80)66(90-76)60-88-74(86)62(56-52-48-44-40-36-32-28-24-20-16-12-8-4)64(78)58-54-50-46-42-38-34-30-26-22-18-14-10-6-2/h61-72,75-84H,5-60H2,1-4H3/t61-,62-,63+,64+,65-,66-,67-,68-,69+,70+,71-,72-,75-,76-/m1/s1. The highest BCUT2D eigenvalue weighted by Crippen LogP contribution is 2.31. The lowest BCUT2D eigenvalue weighted by Gasteiger charge is -2.44. The van der Waals surface area contributed by atoms with Crippen LogP contribution in [0, 0.1) is 11.8 Å². The van der Waals surface area contributed by atoms with Gasteiger partial charge in [-0.25, -0.2) is 0 Å². The fraction of sp³-hybridized carbons (Fsp3) is 0.974. The summed E-state index contributed by atoms with van der Waals surface area (Å²) in [6.07, 6.45) is 41.7. The first kappa shape index (κ1) is 85.6. The number of hydrogen-bond donors (Lipinski definition) is 8. The molecule has 2 aliphatic heterocycles. The summed E-state index contributed by atoms with van der Waals surface area (Å²) in [6.45, 7) is 7.86. The number of unbranched alkanes of at least 4 members (excludes halogenated alkanes) is 46. The first-order valence-electron chi connectivity index (χ1n) is 39.1. The summed E-state index contributed by atoms with van der Waals surface area (Å²) in [5.41, 5.74) is 0. The molecule has 2 fully saturated rings. The highest BCUT2D eigenvalue weighted by molar-refractivity contribution is 5.73. The minimum atomic E-state index is -1.89. The zero-order valence-electron chi connectivity index (χ0n) is 59.1. The van der Waals surface area contributed by atoms with Crippen LogP contribution < -0.4 is 0 Å². The number of hydrogen-bond acceptors (Lipinski definition) is 15. The minimum absolute atomic E-state index is 0.429. The molecule has 0 amide bonds. The topological polar surface area (TPSA) is 242 Å².